The lowest BCUT2D eigenvalue weighted by atomic mass is 9.84. The average Bonchev–Trinajstić information content (AvgIpc) is 3.01. The largest absolute Gasteiger partial charge is 0.492 e. The van der Waals surface area contributed by atoms with Gasteiger partial charge in [0.25, 0.3) is 5.56 Å². The number of hydrogen-bond donors (Lipinski definition) is 2. The molecule has 0 atom stereocenters. The number of ether oxygens (including phenoxy) is 1. The molecular formula is C24H24N2O4S. The zero-order chi connectivity index (χ0) is 22.2. The van der Waals surface area contributed by atoms with E-state index < -0.39 is 10.0 Å². The first-order chi connectivity index (χ1) is 14.6. The number of nitrogens with one attached hydrogen (secondary N) is 2. The predicted octanol–water partition coefficient (Wildman–Crippen LogP) is 4.25. The summed E-state index contributed by atoms with van der Waals surface area (Å²) in [6.07, 6.45) is 6.64. The molecule has 31 heavy (non-hydrogen) atoms. The van der Waals surface area contributed by atoms with Crippen molar-refractivity contribution < 1.29 is 13.2 Å². The van der Waals surface area contributed by atoms with Gasteiger partial charge in [-0.15, -0.1) is 0 Å². The molecule has 160 valence electrons. The van der Waals surface area contributed by atoms with Gasteiger partial charge in [0, 0.05) is 34.0 Å². The van der Waals surface area contributed by atoms with Crippen LogP contribution < -0.4 is 15.0 Å². The van der Waals surface area contributed by atoms with Gasteiger partial charge in [-0.2, -0.15) is 0 Å². The molecule has 0 saturated heterocycles. The summed E-state index contributed by atoms with van der Waals surface area (Å²) in [6, 6.07) is 14.7. The third-order valence-corrected chi connectivity index (χ3v) is 5.83. The van der Waals surface area contributed by atoms with Crippen LogP contribution in [0, 0.1) is 0 Å². The third kappa shape index (κ3) is 4.56. The second-order valence-corrected chi connectivity index (χ2v) is 10.1. The van der Waals surface area contributed by atoms with Gasteiger partial charge in [-0.25, -0.2) is 8.42 Å². The van der Waals surface area contributed by atoms with Gasteiger partial charge in [0.1, 0.15) is 5.75 Å². The number of sulfonamides is 1. The number of pyridine rings is 1. The minimum atomic E-state index is -3.31. The highest BCUT2D eigenvalue weighted by Gasteiger charge is 2.33. The van der Waals surface area contributed by atoms with Gasteiger partial charge in [-0.3, -0.25) is 9.52 Å². The Morgan fingerprint density at radius 3 is 2.52 bits per heavy atom. The number of rotatable bonds is 5. The topological polar surface area (TPSA) is 88.3 Å². The van der Waals surface area contributed by atoms with Gasteiger partial charge in [0.2, 0.25) is 10.0 Å². The molecule has 0 saturated carbocycles. The quantitative estimate of drug-likeness (QED) is 0.585. The van der Waals surface area contributed by atoms with Crippen LogP contribution in [-0.2, 0) is 15.4 Å². The van der Waals surface area contributed by atoms with Gasteiger partial charge in [-0.1, -0.05) is 38.1 Å². The van der Waals surface area contributed by atoms with E-state index in [1.807, 2.05) is 48.6 Å². The minimum Gasteiger partial charge on any atom is -0.492 e. The van der Waals surface area contributed by atoms with Gasteiger partial charge < -0.3 is 9.72 Å². The molecule has 0 fully saturated rings. The van der Waals surface area contributed by atoms with E-state index in [1.165, 1.54) is 0 Å². The summed E-state index contributed by atoms with van der Waals surface area (Å²) in [4.78, 5) is 15.1. The van der Waals surface area contributed by atoms with Crippen LogP contribution in [0.3, 0.4) is 0 Å². The lowest BCUT2D eigenvalue weighted by molar-refractivity contribution is 0.290. The maximum atomic E-state index is 12.3. The van der Waals surface area contributed by atoms with Crippen LogP contribution in [0.25, 0.3) is 23.3 Å². The van der Waals surface area contributed by atoms with Crippen LogP contribution in [-0.4, -0.2) is 26.3 Å². The first-order valence-electron chi connectivity index (χ1n) is 9.88. The van der Waals surface area contributed by atoms with Crippen LogP contribution >= 0.6 is 0 Å². The molecule has 1 aliphatic heterocycles. The van der Waals surface area contributed by atoms with E-state index in [4.69, 9.17) is 4.74 Å². The van der Waals surface area contributed by atoms with Gasteiger partial charge in [0.15, 0.2) is 0 Å². The summed E-state index contributed by atoms with van der Waals surface area (Å²) < 4.78 is 31.2. The first kappa shape index (κ1) is 20.9. The smallest absolute Gasteiger partial charge is 0.255 e. The van der Waals surface area contributed by atoms with E-state index >= 15 is 0 Å². The Morgan fingerprint density at radius 1 is 1.10 bits per heavy atom. The Labute approximate surface area is 181 Å². The highest BCUT2D eigenvalue weighted by Crippen LogP contribution is 2.43. The van der Waals surface area contributed by atoms with Crippen LogP contribution in [0.15, 0.2) is 59.5 Å². The van der Waals surface area contributed by atoms with Crippen molar-refractivity contribution >= 4 is 27.9 Å². The van der Waals surface area contributed by atoms with Crippen LogP contribution in [0.1, 0.15) is 30.5 Å². The van der Waals surface area contributed by atoms with Crippen molar-refractivity contribution in [2.75, 3.05) is 17.6 Å². The molecular weight excluding hydrogens is 412 g/mol. The molecule has 3 aromatic rings. The fourth-order valence-electron chi connectivity index (χ4n) is 3.64. The Balaban J connectivity index is 1.73. The molecule has 2 heterocycles. The summed E-state index contributed by atoms with van der Waals surface area (Å²) in [5.74, 6) is 0.827. The van der Waals surface area contributed by atoms with E-state index in [1.54, 1.807) is 18.3 Å². The molecule has 1 aliphatic rings. The number of H-pyrrole nitrogens is 1. The van der Waals surface area contributed by atoms with E-state index in [2.05, 4.69) is 23.6 Å². The first-order valence-corrected chi connectivity index (χ1v) is 11.8. The Morgan fingerprint density at radius 2 is 1.84 bits per heavy atom. The molecule has 2 N–H and O–H groups in total. The lowest BCUT2D eigenvalue weighted by Gasteiger charge is -2.16. The fourth-order valence-corrected chi connectivity index (χ4v) is 4.20. The van der Waals surface area contributed by atoms with Crippen molar-refractivity contribution in [3.05, 3.63) is 81.8 Å². The van der Waals surface area contributed by atoms with Crippen LogP contribution in [0.4, 0.5) is 5.69 Å². The van der Waals surface area contributed by atoms with Gasteiger partial charge in [0.05, 0.1) is 12.9 Å². The van der Waals surface area contributed by atoms with E-state index in [0.29, 0.717) is 17.9 Å². The van der Waals surface area contributed by atoms with Crippen LogP contribution in [0.2, 0.25) is 0 Å². The predicted molar refractivity (Wildman–Crippen MR) is 125 cm³/mol. The second-order valence-electron chi connectivity index (χ2n) is 8.36. The Hall–Kier alpha value is -3.32. The maximum Gasteiger partial charge on any atom is 0.255 e. The van der Waals surface area contributed by atoms with E-state index in [-0.39, 0.29) is 11.0 Å². The van der Waals surface area contributed by atoms with E-state index in [0.717, 1.165) is 34.3 Å². The van der Waals surface area contributed by atoms with Crippen molar-refractivity contribution in [1.82, 2.24) is 4.98 Å². The zero-order valence-corrected chi connectivity index (χ0v) is 18.4. The summed E-state index contributed by atoms with van der Waals surface area (Å²) >= 11 is 0. The van der Waals surface area contributed by atoms with Gasteiger partial charge in [-0.05, 0) is 47.5 Å². The Bertz CT molecular complexity index is 1320. The minimum absolute atomic E-state index is 0.136. The monoisotopic (exact) mass is 436 g/mol. The normalized spacial score (nSPS) is 14.9. The number of aromatic nitrogens is 1. The summed E-state index contributed by atoms with van der Waals surface area (Å²) in [7, 11) is -3.31. The maximum absolute atomic E-state index is 12.3. The highest BCUT2D eigenvalue weighted by atomic mass is 32.2. The fraction of sp³-hybridized carbons (Fsp3) is 0.208. The van der Waals surface area contributed by atoms with Crippen molar-refractivity contribution in [3.8, 4) is 16.9 Å². The van der Waals surface area contributed by atoms with Crippen molar-refractivity contribution in [1.29, 1.82) is 0 Å². The second kappa shape index (κ2) is 7.74. The van der Waals surface area contributed by atoms with Gasteiger partial charge >= 0.3 is 0 Å². The van der Waals surface area contributed by atoms with Crippen molar-refractivity contribution in [2.45, 2.75) is 19.3 Å². The molecule has 6 nitrogen and oxygen atoms in total. The molecule has 0 radical (unpaired) electrons. The molecule has 0 bridgehead atoms. The Kier molecular flexibility index (Phi) is 5.23. The third-order valence-electron chi connectivity index (χ3n) is 5.22. The molecule has 0 unspecified atom stereocenters. The number of fused-ring (bicyclic) bond motifs is 1. The summed E-state index contributed by atoms with van der Waals surface area (Å²) in [6.45, 7) is 4.82. The number of aromatic amines is 1. The van der Waals surface area contributed by atoms with E-state index in [9.17, 15) is 13.2 Å². The lowest BCUT2D eigenvalue weighted by Crippen LogP contribution is -2.18. The SMILES string of the molecule is CC1(C)COc2c(C=Cc3ccc(NS(C)(=O)=O)cc3)cc(-c3ccc[nH]c3=O)cc21. The van der Waals surface area contributed by atoms with Crippen molar-refractivity contribution in [3.63, 3.8) is 0 Å². The standard InChI is InChI=1S/C24H24N2O4S/c1-24(2)15-30-22-17(9-6-16-7-10-19(11-8-16)26-31(3,28)29)13-18(14-21(22)24)20-5-4-12-25-23(20)27/h4-14,26H,15H2,1-3H3,(H,25,27). The zero-order valence-electron chi connectivity index (χ0n) is 17.6. The molecule has 7 heteroatoms. The highest BCUT2D eigenvalue weighted by molar-refractivity contribution is 7.92. The molecule has 4 rings (SSSR count). The summed E-state index contributed by atoms with van der Waals surface area (Å²) in [5.41, 5.74) is 4.53. The summed E-state index contributed by atoms with van der Waals surface area (Å²) in [5, 5.41) is 0. The van der Waals surface area contributed by atoms with Crippen molar-refractivity contribution in [2.24, 2.45) is 0 Å². The average molecular weight is 437 g/mol. The number of hydrogen-bond acceptors (Lipinski definition) is 4. The van der Waals surface area contributed by atoms with Crippen LogP contribution in [0.5, 0.6) is 5.75 Å². The molecule has 2 aromatic carbocycles. The molecule has 0 amide bonds. The molecule has 0 spiro atoms. The number of anilines is 1. The molecule has 0 aliphatic carbocycles. The number of benzene rings is 2. The molecule has 1 aromatic heterocycles.